The van der Waals surface area contributed by atoms with Gasteiger partial charge in [0, 0.05) is 48.3 Å². The summed E-state index contributed by atoms with van der Waals surface area (Å²) in [5.74, 6) is 0.220. The van der Waals surface area contributed by atoms with Crippen LogP contribution in [-0.4, -0.2) is 49.9 Å². The highest BCUT2D eigenvalue weighted by molar-refractivity contribution is 6.09. The van der Waals surface area contributed by atoms with Gasteiger partial charge in [-0.05, 0) is 75.3 Å². The van der Waals surface area contributed by atoms with Crippen LogP contribution in [0.2, 0.25) is 0 Å². The number of unbranched alkanes of at least 4 members (excludes halogenated alkanes) is 2. The molecule has 1 unspecified atom stereocenters. The fourth-order valence-corrected chi connectivity index (χ4v) is 6.77. The van der Waals surface area contributed by atoms with Crippen molar-refractivity contribution in [3.05, 3.63) is 71.8 Å². The van der Waals surface area contributed by atoms with Gasteiger partial charge in [-0.2, -0.15) is 0 Å². The van der Waals surface area contributed by atoms with E-state index in [0.29, 0.717) is 12.6 Å². The fraction of sp³-hybridized carbons (Fsp3) is 0.485. The highest BCUT2D eigenvalue weighted by Gasteiger charge is 2.29. The third-order valence-electron chi connectivity index (χ3n) is 8.77. The monoisotopic (exact) mass is 523 g/mol. The molecule has 6 nitrogen and oxygen atoms in total. The number of hydrogen-bond acceptors (Lipinski definition) is 4. The molecule has 4 aromatic rings. The fourth-order valence-electron chi connectivity index (χ4n) is 6.77. The number of aromatic nitrogens is 3. The first-order valence-electron chi connectivity index (χ1n) is 15.0. The van der Waals surface area contributed by atoms with E-state index in [4.69, 9.17) is 9.97 Å². The Bertz CT molecular complexity index is 1440. The number of benzene rings is 1. The molecule has 1 atom stereocenters. The van der Waals surface area contributed by atoms with Crippen molar-refractivity contribution in [3.63, 3.8) is 0 Å². The van der Waals surface area contributed by atoms with E-state index in [1.807, 2.05) is 12.4 Å². The Balaban J connectivity index is 1.40. The number of para-hydroxylation sites is 1. The zero-order valence-corrected chi connectivity index (χ0v) is 23.3. The Morgan fingerprint density at radius 1 is 0.949 bits per heavy atom. The van der Waals surface area contributed by atoms with Gasteiger partial charge < -0.3 is 9.47 Å². The van der Waals surface area contributed by atoms with Crippen molar-refractivity contribution in [2.75, 3.05) is 19.6 Å². The predicted octanol–water partition coefficient (Wildman–Crippen LogP) is 6.67. The van der Waals surface area contributed by atoms with Gasteiger partial charge in [0.2, 0.25) is 5.91 Å². The molecule has 6 rings (SSSR count). The van der Waals surface area contributed by atoms with Gasteiger partial charge in [0.15, 0.2) is 0 Å². The molecule has 39 heavy (non-hydrogen) atoms. The van der Waals surface area contributed by atoms with Crippen LogP contribution in [0.15, 0.2) is 54.9 Å². The first-order chi connectivity index (χ1) is 19.2. The molecule has 1 saturated heterocycles. The summed E-state index contributed by atoms with van der Waals surface area (Å²) >= 11 is 0. The quantitative estimate of drug-likeness (QED) is 0.230. The van der Waals surface area contributed by atoms with E-state index in [1.54, 1.807) is 0 Å². The highest BCUT2D eigenvalue weighted by Crippen LogP contribution is 2.36. The van der Waals surface area contributed by atoms with Crippen LogP contribution >= 0.6 is 0 Å². The number of hydrogen-bond donors (Lipinski definition) is 0. The number of pyridine rings is 2. The number of rotatable bonds is 9. The van der Waals surface area contributed by atoms with Crippen LogP contribution in [0, 0.1) is 0 Å². The van der Waals surface area contributed by atoms with E-state index in [1.165, 1.54) is 54.1 Å². The molecule has 0 bridgehead atoms. The normalized spacial score (nSPS) is 17.7. The summed E-state index contributed by atoms with van der Waals surface area (Å²) in [6, 6.07) is 15.3. The molecular weight excluding hydrogens is 482 g/mol. The van der Waals surface area contributed by atoms with E-state index >= 15 is 0 Å². The number of amides is 1. The molecule has 1 aromatic carbocycles. The molecule has 0 N–H and O–H groups in total. The number of carbonyl (C=O) groups excluding carboxylic acids is 1. The van der Waals surface area contributed by atoms with E-state index in [0.717, 1.165) is 68.6 Å². The van der Waals surface area contributed by atoms with Crippen LogP contribution in [0.25, 0.3) is 21.8 Å². The predicted molar refractivity (Wildman–Crippen MR) is 158 cm³/mol. The first kappa shape index (κ1) is 26.0. The molecule has 0 radical (unpaired) electrons. The van der Waals surface area contributed by atoms with Gasteiger partial charge in [0.1, 0.15) is 6.54 Å². The van der Waals surface area contributed by atoms with Crippen molar-refractivity contribution in [2.45, 2.75) is 83.8 Å². The molecule has 1 fully saturated rings. The minimum Gasteiger partial charge on any atom is -0.341 e. The van der Waals surface area contributed by atoms with Gasteiger partial charge in [0.25, 0.3) is 0 Å². The standard InChI is InChI=1S/C33H41N5O/c1-2-3-7-22-37(30-16-10-12-25-13-11-18-35-32(25)30)23-28-33-27(17-19-34-28)26-14-5-6-15-29(26)38(33)24-31(39)36-20-8-4-9-21-36/h5-6,11,13-15,17-19,30H,2-4,7-10,12,16,20-24H2,1H3. The Labute approximate surface area is 232 Å². The minimum atomic E-state index is 0.220. The lowest BCUT2D eigenvalue weighted by atomic mass is 9.90. The van der Waals surface area contributed by atoms with Crippen molar-refractivity contribution < 1.29 is 4.79 Å². The van der Waals surface area contributed by atoms with Crippen molar-refractivity contribution >= 4 is 27.7 Å². The second-order valence-electron chi connectivity index (χ2n) is 11.3. The number of carbonyl (C=O) groups is 1. The van der Waals surface area contributed by atoms with Gasteiger partial charge >= 0.3 is 0 Å². The zero-order valence-electron chi connectivity index (χ0n) is 23.3. The van der Waals surface area contributed by atoms with Crippen molar-refractivity contribution in [1.82, 2.24) is 24.3 Å². The largest absolute Gasteiger partial charge is 0.341 e. The molecule has 0 saturated carbocycles. The third-order valence-corrected chi connectivity index (χ3v) is 8.77. The third kappa shape index (κ3) is 5.31. The Kier molecular flexibility index (Phi) is 7.91. The average Bonchev–Trinajstić information content (AvgIpc) is 3.31. The van der Waals surface area contributed by atoms with Crippen LogP contribution in [0.4, 0.5) is 0 Å². The van der Waals surface area contributed by atoms with E-state index in [9.17, 15) is 4.79 Å². The molecule has 2 aliphatic rings. The number of likely N-dealkylation sites (tertiary alicyclic amines) is 1. The Morgan fingerprint density at radius 3 is 2.69 bits per heavy atom. The zero-order chi connectivity index (χ0) is 26.6. The Morgan fingerprint density at radius 2 is 1.82 bits per heavy atom. The number of fused-ring (bicyclic) bond motifs is 4. The molecule has 1 aliphatic heterocycles. The Hall–Kier alpha value is -3.25. The molecule has 0 spiro atoms. The summed E-state index contributed by atoms with van der Waals surface area (Å²) in [7, 11) is 0. The van der Waals surface area contributed by atoms with Crippen LogP contribution < -0.4 is 0 Å². The SMILES string of the molecule is CCCCCN(Cc1nccc2c3ccccc3n(CC(=O)N3CCCCC3)c12)C1CCCc2cccnc21. The van der Waals surface area contributed by atoms with Gasteiger partial charge in [-0.25, -0.2) is 0 Å². The molecule has 1 aliphatic carbocycles. The number of aryl methyl sites for hydroxylation is 1. The molecule has 4 heterocycles. The van der Waals surface area contributed by atoms with Crippen LogP contribution in [-0.2, 0) is 24.3 Å². The first-order valence-corrected chi connectivity index (χ1v) is 15.0. The molecule has 6 heteroatoms. The lowest BCUT2D eigenvalue weighted by molar-refractivity contribution is -0.132. The summed E-state index contributed by atoms with van der Waals surface area (Å²) in [6.07, 6.45) is 14.4. The number of piperidine rings is 1. The van der Waals surface area contributed by atoms with E-state index in [2.05, 4.69) is 63.8 Å². The highest BCUT2D eigenvalue weighted by atomic mass is 16.2. The van der Waals surface area contributed by atoms with Gasteiger partial charge in [-0.3, -0.25) is 19.7 Å². The smallest absolute Gasteiger partial charge is 0.242 e. The lowest BCUT2D eigenvalue weighted by Crippen LogP contribution is -2.37. The van der Waals surface area contributed by atoms with Crippen molar-refractivity contribution in [3.8, 4) is 0 Å². The number of nitrogens with zero attached hydrogens (tertiary/aromatic N) is 5. The lowest BCUT2D eigenvalue weighted by Gasteiger charge is -2.35. The molecule has 3 aromatic heterocycles. The maximum absolute atomic E-state index is 13.5. The minimum absolute atomic E-state index is 0.220. The maximum Gasteiger partial charge on any atom is 0.242 e. The second kappa shape index (κ2) is 11.9. The van der Waals surface area contributed by atoms with Crippen molar-refractivity contribution in [2.24, 2.45) is 0 Å². The summed E-state index contributed by atoms with van der Waals surface area (Å²) in [4.78, 5) is 28.1. The maximum atomic E-state index is 13.5. The summed E-state index contributed by atoms with van der Waals surface area (Å²) in [5.41, 5.74) is 5.93. The summed E-state index contributed by atoms with van der Waals surface area (Å²) < 4.78 is 2.25. The molecular formula is C33H41N5O. The topological polar surface area (TPSA) is 54.3 Å². The second-order valence-corrected chi connectivity index (χ2v) is 11.3. The summed E-state index contributed by atoms with van der Waals surface area (Å²) in [5, 5.41) is 2.39. The molecule has 204 valence electrons. The van der Waals surface area contributed by atoms with Crippen LogP contribution in [0.5, 0.6) is 0 Å². The van der Waals surface area contributed by atoms with Crippen LogP contribution in [0.3, 0.4) is 0 Å². The van der Waals surface area contributed by atoms with Gasteiger partial charge in [-0.15, -0.1) is 0 Å². The average molecular weight is 524 g/mol. The van der Waals surface area contributed by atoms with E-state index < -0.39 is 0 Å². The van der Waals surface area contributed by atoms with E-state index in [-0.39, 0.29) is 5.91 Å². The van der Waals surface area contributed by atoms with Crippen LogP contribution in [0.1, 0.15) is 81.3 Å². The van der Waals surface area contributed by atoms with Gasteiger partial charge in [0.05, 0.1) is 22.9 Å². The molecule has 1 amide bonds. The summed E-state index contributed by atoms with van der Waals surface area (Å²) in [6.45, 7) is 6.17. The van der Waals surface area contributed by atoms with Gasteiger partial charge in [-0.1, -0.05) is 44.0 Å². The van der Waals surface area contributed by atoms with Crippen molar-refractivity contribution in [1.29, 1.82) is 0 Å².